The number of nitrogens with zero attached hydrogens (tertiary/aromatic N) is 2. The van der Waals surface area contributed by atoms with Crippen LogP contribution < -0.4 is 5.32 Å². The van der Waals surface area contributed by atoms with E-state index in [4.69, 9.17) is 0 Å². The second-order valence-corrected chi connectivity index (χ2v) is 5.31. The van der Waals surface area contributed by atoms with Crippen LogP contribution >= 0.6 is 0 Å². The third kappa shape index (κ3) is 4.26. The summed E-state index contributed by atoms with van der Waals surface area (Å²) in [5, 5.41) is 7.51. The van der Waals surface area contributed by atoms with Crippen LogP contribution in [-0.2, 0) is 18.3 Å². The Kier molecular flexibility index (Phi) is 4.93. The Bertz CT molecular complexity index is 380. The molecule has 1 aliphatic rings. The first kappa shape index (κ1) is 13.3. The van der Waals surface area contributed by atoms with E-state index in [1.54, 1.807) is 4.68 Å². The summed E-state index contributed by atoms with van der Waals surface area (Å²) >= 11 is 0. The average Bonchev–Trinajstić information content (AvgIpc) is 2.81. The van der Waals surface area contributed by atoms with E-state index in [0.29, 0.717) is 18.1 Å². The first-order valence-electron chi connectivity index (χ1n) is 6.94. The molecule has 2 heterocycles. The summed E-state index contributed by atoms with van der Waals surface area (Å²) in [5.74, 6) is 1.10. The van der Waals surface area contributed by atoms with Gasteiger partial charge in [0.2, 0.25) is 0 Å². The van der Waals surface area contributed by atoms with Crippen molar-refractivity contribution < 1.29 is 4.79 Å². The van der Waals surface area contributed by atoms with Crippen molar-refractivity contribution in [3.63, 3.8) is 0 Å². The lowest BCUT2D eigenvalue weighted by Gasteiger charge is -2.22. The molecule has 0 saturated carbocycles. The monoisotopic (exact) mass is 249 g/mol. The minimum atomic E-state index is 0.393. The number of ketones is 1. The molecule has 18 heavy (non-hydrogen) atoms. The molecule has 4 heteroatoms. The Morgan fingerprint density at radius 1 is 1.56 bits per heavy atom. The van der Waals surface area contributed by atoms with Crippen molar-refractivity contribution in [2.75, 3.05) is 13.1 Å². The molecule has 1 fully saturated rings. The van der Waals surface area contributed by atoms with E-state index in [2.05, 4.69) is 10.4 Å². The first-order chi connectivity index (χ1) is 8.74. The van der Waals surface area contributed by atoms with Crippen molar-refractivity contribution in [3.8, 4) is 0 Å². The van der Waals surface area contributed by atoms with Gasteiger partial charge in [0.25, 0.3) is 0 Å². The van der Waals surface area contributed by atoms with E-state index in [-0.39, 0.29) is 0 Å². The molecule has 0 spiro atoms. The molecule has 2 rings (SSSR count). The van der Waals surface area contributed by atoms with Crippen molar-refractivity contribution in [1.29, 1.82) is 0 Å². The summed E-state index contributed by atoms with van der Waals surface area (Å²) in [5.41, 5.74) is 1.16. The Balaban J connectivity index is 1.62. The van der Waals surface area contributed by atoms with Gasteiger partial charge in [-0.25, -0.2) is 0 Å². The van der Waals surface area contributed by atoms with Crippen LogP contribution in [0, 0.1) is 5.92 Å². The van der Waals surface area contributed by atoms with E-state index < -0.39 is 0 Å². The van der Waals surface area contributed by atoms with Crippen molar-refractivity contribution in [2.45, 2.75) is 38.5 Å². The molecule has 1 N–H and O–H groups in total. The molecule has 100 valence electrons. The third-order valence-corrected chi connectivity index (χ3v) is 3.68. The fourth-order valence-electron chi connectivity index (χ4n) is 2.55. The van der Waals surface area contributed by atoms with Crippen LogP contribution in [-0.4, -0.2) is 28.7 Å². The van der Waals surface area contributed by atoms with Crippen LogP contribution in [0.4, 0.5) is 0 Å². The van der Waals surface area contributed by atoms with Crippen LogP contribution in [0.15, 0.2) is 12.4 Å². The first-order valence-corrected chi connectivity index (χ1v) is 6.94. The minimum absolute atomic E-state index is 0.393. The van der Waals surface area contributed by atoms with Crippen molar-refractivity contribution in [1.82, 2.24) is 15.1 Å². The summed E-state index contributed by atoms with van der Waals surface area (Å²) in [4.78, 5) is 11.8. The van der Waals surface area contributed by atoms with E-state index in [1.165, 1.54) is 12.8 Å². The third-order valence-electron chi connectivity index (χ3n) is 3.68. The number of rotatable bonds is 6. The summed E-state index contributed by atoms with van der Waals surface area (Å²) in [6, 6.07) is 0. The molecule has 0 radical (unpaired) electrons. The number of carbonyl (C=O) groups is 1. The number of Topliss-reactive ketones (excluding diaryl/α,β-unsaturated/α-hetero) is 1. The van der Waals surface area contributed by atoms with E-state index in [9.17, 15) is 4.79 Å². The van der Waals surface area contributed by atoms with Gasteiger partial charge in [0.15, 0.2) is 0 Å². The van der Waals surface area contributed by atoms with Crippen molar-refractivity contribution >= 4 is 5.78 Å². The van der Waals surface area contributed by atoms with Crippen molar-refractivity contribution in [2.24, 2.45) is 13.0 Å². The highest BCUT2D eigenvalue weighted by Gasteiger charge is 2.14. The van der Waals surface area contributed by atoms with Crippen molar-refractivity contribution in [3.05, 3.63) is 18.0 Å². The highest BCUT2D eigenvalue weighted by Crippen LogP contribution is 2.16. The Labute approximate surface area is 109 Å². The molecule has 0 bridgehead atoms. The molecule has 1 aromatic rings. The number of hydrogen-bond acceptors (Lipinski definition) is 3. The molecule has 1 unspecified atom stereocenters. The minimum Gasteiger partial charge on any atom is -0.316 e. The topological polar surface area (TPSA) is 46.9 Å². The number of aryl methyl sites for hydroxylation is 2. The number of piperidine rings is 1. The number of aromatic nitrogens is 2. The maximum absolute atomic E-state index is 11.8. The zero-order chi connectivity index (χ0) is 12.8. The predicted octanol–water partition coefficient (Wildman–Crippen LogP) is 1.70. The second kappa shape index (κ2) is 6.69. The van der Waals surface area contributed by atoms with Gasteiger partial charge in [-0.05, 0) is 50.3 Å². The maximum Gasteiger partial charge on any atom is 0.133 e. The van der Waals surface area contributed by atoms with E-state index in [0.717, 1.165) is 37.9 Å². The summed E-state index contributed by atoms with van der Waals surface area (Å²) in [6.07, 6.45) is 9.65. The number of nitrogens with one attached hydrogen (secondary N) is 1. The van der Waals surface area contributed by atoms with E-state index in [1.807, 2.05) is 19.4 Å². The quantitative estimate of drug-likeness (QED) is 0.834. The van der Waals surface area contributed by atoms with E-state index >= 15 is 0 Å². The largest absolute Gasteiger partial charge is 0.316 e. The summed E-state index contributed by atoms with van der Waals surface area (Å²) < 4.78 is 1.79. The Morgan fingerprint density at radius 3 is 3.11 bits per heavy atom. The lowest BCUT2D eigenvalue weighted by atomic mass is 9.93. The van der Waals surface area contributed by atoms with Gasteiger partial charge in [-0.1, -0.05) is 0 Å². The molecule has 1 saturated heterocycles. The fraction of sp³-hybridized carbons (Fsp3) is 0.714. The smallest absolute Gasteiger partial charge is 0.133 e. The average molecular weight is 249 g/mol. The van der Waals surface area contributed by atoms with Gasteiger partial charge in [-0.15, -0.1) is 0 Å². The number of hydrogen-bond donors (Lipinski definition) is 1. The summed E-state index contributed by atoms with van der Waals surface area (Å²) in [6.45, 7) is 2.24. The SMILES string of the molecule is Cn1cc(CCC(=O)CCC2CCCNC2)cn1. The standard InChI is InChI=1S/C14H23N3O/c1-17-11-13(10-16-17)5-7-14(18)6-4-12-3-2-8-15-9-12/h10-12,15H,2-9H2,1H3. The van der Waals surface area contributed by atoms with Crippen LogP contribution in [0.1, 0.15) is 37.7 Å². The van der Waals surface area contributed by atoms with Gasteiger partial charge < -0.3 is 5.32 Å². The highest BCUT2D eigenvalue weighted by atomic mass is 16.1. The zero-order valence-corrected chi connectivity index (χ0v) is 11.2. The van der Waals surface area contributed by atoms with Crippen LogP contribution in [0.25, 0.3) is 0 Å². The normalized spacial score (nSPS) is 19.9. The molecule has 0 aromatic carbocycles. The van der Waals surface area contributed by atoms with Crippen LogP contribution in [0.3, 0.4) is 0 Å². The van der Waals surface area contributed by atoms with Gasteiger partial charge in [-0.2, -0.15) is 5.10 Å². The van der Waals surface area contributed by atoms with Crippen LogP contribution in [0.5, 0.6) is 0 Å². The molecule has 1 aromatic heterocycles. The number of carbonyl (C=O) groups excluding carboxylic acids is 1. The molecular formula is C14H23N3O. The van der Waals surface area contributed by atoms with Gasteiger partial charge in [0.1, 0.15) is 5.78 Å². The van der Waals surface area contributed by atoms with Gasteiger partial charge in [0, 0.05) is 26.1 Å². The molecular weight excluding hydrogens is 226 g/mol. The summed E-state index contributed by atoms with van der Waals surface area (Å²) in [7, 11) is 1.90. The Hall–Kier alpha value is -1.16. The van der Waals surface area contributed by atoms with Crippen LogP contribution in [0.2, 0.25) is 0 Å². The van der Waals surface area contributed by atoms with Gasteiger partial charge in [-0.3, -0.25) is 9.48 Å². The zero-order valence-electron chi connectivity index (χ0n) is 11.2. The fourth-order valence-corrected chi connectivity index (χ4v) is 2.55. The highest BCUT2D eigenvalue weighted by molar-refractivity contribution is 5.78. The second-order valence-electron chi connectivity index (χ2n) is 5.31. The lowest BCUT2D eigenvalue weighted by Crippen LogP contribution is -2.30. The molecule has 4 nitrogen and oxygen atoms in total. The molecule has 0 amide bonds. The van der Waals surface area contributed by atoms with Gasteiger partial charge >= 0.3 is 0 Å². The Morgan fingerprint density at radius 2 is 2.44 bits per heavy atom. The lowest BCUT2D eigenvalue weighted by molar-refractivity contribution is -0.119. The predicted molar refractivity (Wildman–Crippen MR) is 71.4 cm³/mol. The molecule has 1 aliphatic heterocycles. The maximum atomic E-state index is 11.8. The molecule has 0 aliphatic carbocycles. The van der Waals surface area contributed by atoms with Gasteiger partial charge in [0.05, 0.1) is 6.20 Å². The molecule has 1 atom stereocenters.